The minimum atomic E-state index is -1.73. The van der Waals surface area contributed by atoms with Gasteiger partial charge in [-0.25, -0.2) is 0 Å². The van der Waals surface area contributed by atoms with Crippen molar-refractivity contribution in [1.29, 1.82) is 0 Å². The van der Waals surface area contributed by atoms with Crippen LogP contribution in [0.25, 0.3) is 0 Å². The van der Waals surface area contributed by atoms with Crippen LogP contribution in [-0.2, 0) is 25.3 Å². The molecule has 2 aliphatic rings. The predicted octanol–water partition coefficient (Wildman–Crippen LogP) is 25.3. The third-order valence-corrected chi connectivity index (χ3v) is 20.3. The second kappa shape index (κ2) is 36.2. The number of benzene rings is 4. The van der Waals surface area contributed by atoms with Crippen molar-refractivity contribution >= 4 is 17.2 Å². The Hall–Kier alpha value is -3.14. The largest absolute Gasteiger partial charge is 0.463 e. The van der Waals surface area contributed by atoms with Crippen molar-refractivity contribution in [1.82, 2.24) is 0 Å². The second-order valence-corrected chi connectivity index (χ2v) is 30.0. The van der Waals surface area contributed by atoms with Crippen molar-refractivity contribution < 1.29 is 27.1 Å². The van der Waals surface area contributed by atoms with Gasteiger partial charge in [0.15, 0.2) is 0 Å². The van der Waals surface area contributed by atoms with E-state index < -0.39 is 17.2 Å². The highest BCUT2D eigenvalue weighted by molar-refractivity contribution is 7.42. The molecule has 0 spiro atoms. The first kappa shape index (κ1) is 69.0. The zero-order valence-electron chi connectivity index (χ0n) is 55.0. The van der Waals surface area contributed by atoms with Crippen molar-refractivity contribution in [2.75, 3.05) is 13.2 Å². The first-order valence-corrected chi connectivity index (χ1v) is 36.3. The lowest BCUT2D eigenvalue weighted by atomic mass is 9.71. The molecule has 0 aromatic heterocycles. The normalized spacial score (nSPS) is 15.6. The first-order chi connectivity index (χ1) is 40.0. The Kier molecular flexibility index (Phi) is 30.1. The monoisotopic (exact) mass is 1180 g/mol. The summed E-state index contributed by atoms with van der Waals surface area (Å²) < 4.78 is 40.9. The fraction of sp³-hybridized carbons (Fsp3) is 0.680. The maximum absolute atomic E-state index is 7.05. The summed E-state index contributed by atoms with van der Waals surface area (Å²) in [5, 5.41) is 0. The molecule has 8 heteroatoms. The van der Waals surface area contributed by atoms with Crippen LogP contribution in [0.2, 0.25) is 0 Å². The summed E-state index contributed by atoms with van der Waals surface area (Å²) in [5.74, 6) is 4.56. The lowest BCUT2D eigenvalue weighted by Gasteiger charge is -2.35. The molecule has 0 bridgehead atoms. The molecule has 2 atom stereocenters. The van der Waals surface area contributed by atoms with E-state index >= 15 is 0 Å². The van der Waals surface area contributed by atoms with E-state index in [1.165, 1.54) is 213 Å². The predicted molar refractivity (Wildman–Crippen MR) is 358 cm³/mol. The number of unbranched alkanes of at least 4 members (excludes halogenated alkanes) is 20. The Morgan fingerprint density at radius 2 is 0.663 bits per heavy atom. The molecule has 0 amide bonds. The Labute approximate surface area is 511 Å². The van der Waals surface area contributed by atoms with E-state index in [0.717, 1.165) is 59.8 Å². The molecule has 83 heavy (non-hydrogen) atoms. The van der Waals surface area contributed by atoms with Crippen molar-refractivity contribution in [2.45, 2.75) is 317 Å². The van der Waals surface area contributed by atoms with Gasteiger partial charge in [-0.05, 0) is 145 Å². The van der Waals surface area contributed by atoms with Gasteiger partial charge in [-0.15, -0.1) is 0 Å². The Bertz CT molecular complexity index is 2240. The van der Waals surface area contributed by atoms with Gasteiger partial charge in [0.1, 0.15) is 23.0 Å². The average molecular weight is 1180 g/mol. The molecule has 4 aromatic rings. The lowest BCUT2D eigenvalue weighted by Crippen LogP contribution is -2.25. The third-order valence-electron chi connectivity index (χ3n) is 18.1. The van der Waals surface area contributed by atoms with Crippen LogP contribution in [-0.4, -0.2) is 13.2 Å². The lowest BCUT2D eigenvalue weighted by molar-refractivity contribution is 0.256. The maximum atomic E-state index is 7.05. The summed E-state index contributed by atoms with van der Waals surface area (Å²) in [6.45, 7) is 28.8. The van der Waals surface area contributed by atoms with Gasteiger partial charge in [0.25, 0.3) is 0 Å². The van der Waals surface area contributed by atoms with Gasteiger partial charge < -0.3 is 18.1 Å². The van der Waals surface area contributed by atoms with E-state index in [1.54, 1.807) is 0 Å². The highest BCUT2D eigenvalue weighted by Crippen LogP contribution is 2.51. The van der Waals surface area contributed by atoms with Gasteiger partial charge in [-0.1, -0.05) is 273 Å². The van der Waals surface area contributed by atoms with Crippen molar-refractivity contribution in [3.8, 4) is 23.0 Å². The number of hydrogen-bond acceptors (Lipinski definition) is 6. The van der Waals surface area contributed by atoms with Crippen molar-refractivity contribution in [3.63, 3.8) is 0 Å². The topological polar surface area (TPSA) is 55.4 Å². The van der Waals surface area contributed by atoms with E-state index in [9.17, 15) is 0 Å². The quantitative estimate of drug-likeness (QED) is 0.0329. The van der Waals surface area contributed by atoms with Crippen LogP contribution in [0.4, 0.5) is 0 Å². The molecule has 6 rings (SSSR count). The van der Waals surface area contributed by atoms with E-state index in [0.29, 0.717) is 25.0 Å². The minimum Gasteiger partial charge on any atom is -0.418 e. The first-order valence-electron chi connectivity index (χ1n) is 34.1. The maximum Gasteiger partial charge on any atom is 0.463 e. The molecule has 0 saturated heterocycles. The fourth-order valence-corrected chi connectivity index (χ4v) is 15.0. The van der Waals surface area contributed by atoms with E-state index in [2.05, 4.69) is 156 Å². The number of rotatable bonds is 38. The minimum absolute atomic E-state index is 0.225. The van der Waals surface area contributed by atoms with Gasteiger partial charge in [0.2, 0.25) is 0 Å². The summed E-state index contributed by atoms with van der Waals surface area (Å²) in [6.07, 6.45) is 41.6. The van der Waals surface area contributed by atoms with Crippen molar-refractivity contribution in [2.24, 2.45) is 0 Å². The SMILES string of the molecule is CCCCCCCCCCCCCOP(Oc1ccc(C2CCCCC2)cc1)Oc1cc(C)c(C(C)(C)c2cc(C(C)(C)C)c(OP(OCCCCCCCCCCCCC)Oc3ccc(C4CCCCC4)cc3)cc2C)cc1C(C)(C)C. The van der Waals surface area contributed by atoms with Gasteiger partial charge in [0, 0.05) is 16.5 Å². The molecule has 2 aliphatic carbocycles. The van der Waals surface area contributed by atoms with Crippen LogP contribution < -0.4 is 18.1 Å². The molecule has 464 valence electrons. The van der Waals surface area contributed by atoms with E-state index in [1.807, 2.05) is 0 Å². The molecule has 4 aromatic carbocycles. The fourth-order valence-electron chi connectivity index (χ4n) is 12.9. The smallest absolute Gasteiger partial charge is 0.418 e. The molecular formula is C75H118O6P2. The van der Waals surface area contributed by atoms with Gasteiger partial charge in [0.05, 0.1) is 13.2 Å². The zero-order valence-corrected chi connectivity index (χ0v) is 56.8. The summed E-state index contributed by atoms with van der Waals surface area (Å²) >= 11 is 0. The van der Waals surface area contributed by atoms with E-state index in [4.69, 9.17) is 27.1 Å². The van der Waals surface area contributed by atoms with Crippen LogP contribution in [0.15, 0.2) is 72.8 Å². The molecule has 0 heterocycles. The molecule has 0 radical (unpaired) electrons. The second-order valence-electron chi connectivity index (χ2n) is 27.8. The van der Waals surface area contributed by atoms with E-state index in [-0.39, 0.29) is 16.2 Å². The van der Waals surface area contributed by atoms with Gasteiger partial charge in [-0.2, -0.15) is 0 Å². The summed E-state index contributed by atoms with van der Waals surface area (Å²) in [7, 11) is -3.46. The Balaban J connectivity index is 1.20. The zero-order chi connectivity index (χ0) is 59.5. The molecular weight excluding hydrogens is 1060 g/mol. The molecule has 6 nitrogen and oxygen atoms in total. The highest BCUT2D eigenvalue weighted by atomic mass is 31.2. The third kappa shape index (κ3) is 23.5. The molecule has 0 N–H and O–H groups in total. The Morgan fingerprint density at radius 1 is 0.361 bits per heavy atom. The standard InChI is InChI=1S/C75H118O6P2/c1-13-15-17-19-21-23-25-27-29-31-39-53-76-82(78-65-49-45-63(46-50-65)61-41-35-33-36-42-61)80-71-55-59(3)67(57-69(71)73(5,6)7)75(11,12)68-58-70(74(8,9)10)72(56-60(68)4)81-83(77-54-40-32-30-28-26-24-22-20-18-16-14-2)79-66-51-47-64(48-52-66)62-43-37-34-38-44-62/h45-52,55-58,61-62H,13-44,53-54H2,1-12H3. The van der Waals surface area contributed by atoms with Crippen LogP contribution in [0.3, 0.4) is 0 Å². The van der Waals surface area contributed by atoms with Crippen molar-refractivity contribution in [3.05, 3.63) is 117 Å². The van der Waals surface area contributed by atoms with Crippen LogP contribution in [0.1, 0.15) is 331 Å². The summed E-state index contributed by atoms with van der Waals surface area (Å²) in [5.41, 5.74) is 9.21. The number of aryl methyl sites for hydroxylation is 2. The van der Waals surface area contributed by atoms with Crippen LogP contribution in [0.5, 0.6) is 23.0 Å². The highest BCUT2D eigenvalue weighted by Gasteiger charge is 2.35. The van der Waals surface area contributed by atoms with Crippen LogP contribution >= 0.6 is 17.2 Å². The Morgan fingerprint density at radius 3 is 0.964 bits per heavy atom. The molecule has 0 aliphatic heterocycles. The summed E-state index contributed by atoms with van der Waals surface area (Å²) in [4.78, 5) is 0. The number of hydrogen-bond donors (Lipinski definition) is 0. The molecule has 2 saturated carbocycles. The summed E-state index contributed by atoms with van der Waals surface area (Å²) in [6, 6.07) is 27.0. The average Bonchev–Trinajstić information content (AvgIpc) is 2.26. The van der Waals surface area contributed by atoms with Gasteiger partial charge in [-0.3, -0.25) is 9.05 Å². The molecule has 2 fully saturated rings. The van der Waals surface area contributed by atoms with Crippen LogP contribution in [0, 0.1) is 13.8 Å². The van der Waals surface area contributed by atoms with Gasteiger partial charge >= 0.3 is 17.2 Å². The molecule has 2 unspecified atom stereocenters.